The lowest BCUT2D eigenvalue weighted by atomic mass is 9.95. The molecule has 2 heteroatoms. The van der Waals surface area contributed by atoms with Crippen LogP contribution in [0.4, 0.5) is 0 Å². The third-order valence-electron chi connectivity index (χ3n) is 2.32. The van der Waals surface area contributed by atoms with Crippen LogP contribution in [-0.4, -0.2) is 19.0 Å². The van der Waals surface area contributed by atoms with Gasteiger partial charge in [0.1, 0.15) is 6.29 Å². The van der Waals surface area contributed by atoms with E-state index in [2.05, 4.69) is 13.8 Å². The molecule has 0 bridgehead atoms. The van der Waals surface area contributed by atoms with E-state index in [0.29, 0.717) is 0 Å². The van der Waals surface area contributed by atoms with Gasteiger partial charge in [-0.05, 0) is 25.8 Å². The zero-order chi connectivity index (χ0) is 10.2. The van der Waals surface area contributed by atoms with Crippen molar-refractivity contribution in [1.82, 2.24) is 0 Å². The Morgan fingerprint density at radius 3 is 2.62 bits per heavy atom. The molecule has 0 aromatic carbocycles. The van der Waals surface area contributed by atoms with Gasteiger partial charge in [0.2, 0.25) is 0 Å². The number of allylic oxidation sites excluding steroid dienone is 1. The molecule has 0 rings (SSSR count). The van der Waals surface area contributed by atoms with Crippen molar-refractivity contribution in [3.63, 3.8) is 0 Å². The van der Waals surface area contributed by atoms with Crippen molar-refractivity contribution in [1.29, 1.82) is 0 Å². The van der Waals surface area contributed by atoms with Gasteiger partial charge < -0.3 is 4.74 Å². The van der Waals surface area contributed by atoms with E-state index in [9.17, 15) is 4.79 Å². The number of methoxy groups -OCH3 is 1. The van der Waals surface area contributed by atoms with Crippen LogP contribution in [0.25, 0.3) is 0 Å². The topological polar surface area (TPSA) is 26.3 Å². The van der Waals surface area contributed by atoms with Crippen LogP contribution in [0.3, 0.4) is 0 Å². The minimum Gasteiger partial charge on any atom is -0.378 e. The first kappa shape index (κ1) is 12.4. The normalized spacial score (nSPS) is 15.9. The summed E-state index contributed by atoms with van der Waals surface area (Å²) in [6.07, 6.45) is 8.40. The van der Waals surface area contributed by atoms with Gasteiger partial charge in [-0.25, -0.2) is 0 Å². The smallest absolute Gasteiger partial charge is 0.142 e. The van der Waals surface area contributed by atoms with Gasteiger partial charge in [0, 0.05) is 7.11 Å². The molecule has 2 nitrogen and oxygen atoms in total. The van der Waals surface area contributed by atoms with E-state index >= 15 is 0 Å². The molecule has 0 saturated carbocycles. The van der Waals surface area contributed by atoms with Gasteiger partial charge in [-0.3, -0.25) is 4.79 Å². The molecule has 0 saturated heterocycles. The van der Waals surface area contributed by atoms with E-state index in [4.69, 9.17) is 4.74 Å². The molecule has 1 atom stereocenters. The summed E-state index contributed by atoms with van der Waals surface area (Å²) in [4.78, 5) is 10.1. The second-order valence-electron chi connectivity index (χ2n) is 3.53. The predicted molar refractivity (Wildman–Crippen MR) is 54.8 cm³/mol. The van der Waals surface area contributed by atoms with Gasteiger partial charge in [0.25, 0.3) is 0 Å². The van der Waals surface area contributed by atoms with Crippen molar-refractivity contribution in [3.05, 3.63) is 12.2 Å². The number of ether oxygens (including phenoxy) is 1. The Hall–Kier alpha value is -0.630. The second-order valence-corrected chi connectivity index (χ2v) is 3.53. The third kappa shape index (κ3) is 5.58. The maximum absolute atomic E-state index is 10.1. The van der Waals surface area contributed by atoms with Gasteiger partial charge in [-0.2, -0.15) is 0 Å². The highest BCUT2D eigenvalue weighted by molar-refractivity contribution is 5.64. The Kier molecular flexibility index (Phi) is 6.51. The average molecular weight is 184 g/mol. The van der Waals surface area contributed by atoms with Crippen molar-refractivity contribution in [3.8, 4) is 0 Å². The maximum Gasteiger partial charge on any atom is 0.142 e. The maximum atomic E-state index is 10.1. The highest BCUT2D eigenvalue weighted by atomic mass is 16.5. The van der Waals surface area contributed by atoms with E-state index in [1.807, 2.05) is 6.08 Å². The van der Waals surface area contributed by atoms with E-state index in [1.165, 1.54) is 18.9 Å². The highest BCUT2D eigenvalue weighted by Gasteiger charge is 2.20. The van der Waals surface area contributed by atoms with Crippen molar-refractivity contribution in [2.75, 3.05) is 7.11 Å². The summed E-state index contributed by atoms with van der Waals surface area (Å²) in [5.41, 5.74) is -0.102. The number of rotatable bonds is 7. The first-order valence-electron chi connectivity index (χ1n) is 4.84. The quantitative estimate of drug-likeness (QED) is 0.449. The Morgan fingerprint density at radius 1 is 1.46 bits per heavy atom. The van der Waals surface area contributed by atoms with Crippen LogP contribution in [0.15, 0.2) is 12.2 Å². The zero-order valence-corrected chi connectivity index (χ0v) is 8.88. The molecule has 0 radical (unpaired) electrons. The molecule has 0 amide bonds. The highest BCUT2D eigenvalue weighted by Crippen LogP contribution is 2.22. The number of hydrogen-bond acceptors (Lipinski definition) is 2. The van der Waals surface area contributed by atoms with Crippen molar-refractivity contribution < 1.29 is 9.53 Å². The number of carbonyl (C=O) groups excluding carboxylic acids is 1. The molecule has 0 aliphatic rings. The van der Waals surface area contributed by atoms with E-state index in [0.717, 1.165) is 19.1 Å². The Balaban J connectivity index is 3.94. The first-order chi connectivity index (χ1) is 6.18. The molecule has 13 heavy (non-hydrogen) atoms. The summed E-state index contributed by atoms with van der Waals surface area (Å²) in [5, 5.41) is 0. The number of carbonyl (C=O) groups is 1. The van der Waals surface area contributed by atoms with Crippen LogP contribution in [0, 0.1) is 0 Å². The SMILES string of the molecule is CCCCC(C)(CC=CC=O)OC. The van der Waals surface area contributed by atoms with Gasteiger partial charge >= 0.3 is 0 Å². The molecule has 0 N–H and O–H groups in total. The summed E-state index contributed by atoms with van der Waals surface area (Å²) in [7, 11) is 1.73. The van der Waals surface area contributed by atoms with Gasteiger partial charge in [-0.1, -0.05) is 25.8 Å². The number of hydrogen-bond donors (Lipinski definition) is 0. The Bertz CT molecular complexity index is 163. The van der Waals surface area contributed by atoms with Gasteiger partial charge in [-0.15, -0.1) is 0 Å². The molecule has 0 aliphatic carbocycles. The lowest BCUT2D eigenvalue weighted by molar-refractivity contribution is -0.104. The summed E-state index contributed by atoms with van der Waals surface area (Å²) < 4.78 is 5.42. The predicted octanol–water partition coefficient (Wildman–Crippen LogP) is 2.73. The summed E-state index contributed by atoms with van der Waals surface area (Å²) in [6.45, 7) is 4.25. The summed E-state index contributed by atoms with van der Waals surface area (Å²) in [6, 6.07) is 0. The Labute approximate surface area is 81.0 Å². The molecule has 0 aliphatic heterocycles. The van der Waals surface area contributed by atoms with Crippen molar-refractivity contribution in [2.45, 2.75) is 45.1 Å². The lowest BCUT2D eigenvalue weighted by Gasteiger charge is -2.26. The lowest BCUT2D eigenvalue weighted by Crippen LogP contribution is -2.26. The number of unbranched alkanes of at least 4 members (excludes halogenated alkanes) is 1. The van der Waals surface area contributed by atoms with Crippen LogP contribution in [0.1, 0.15) is 39.5 Å². The molecule has 0 heterocycles. The van der Waals surface area contributed by atoms with E-state index < -0.39 is 0 Å². The van der Waals surface area contributed by atoms with Crippen LogP contribution in [0.2, 0.25) is 0 Å². The molecule has 0 aromatic heterocycles. The molecule has 0 aromatic rings. The molecule has 1 unspecified atom stereocenters. The van der Waals surface area contributed by atoms with Crippen LogP contribution in [-0.2, 0) is 9.53 Å². The first-order valence-corrected chi connectivity index (χ1v) is 4.84. The van der Waals surface area contributed by atoms with Crippen LogP contribution in [0.5, 0.6) is 0 Å². The fraction of sp³-hybridized carbons (Fsp3) is 0.727. The molecule has 0 spiro atoms. The fourth-order valence-corrected chi connectivity index (χ4v) is 1.21. The monoisotopic (exact) mass is 184 g/mol. The second kappa shape index (κ2) is 6.84. The molecular weight excluding hydrogens is 164 g/mol. The van der Waals surface area contributed by atoms with Crippen molar-refractivity contribution in [2.24, 2.45) is 0 Å². The summed E-state index contributed by atoms with van der Waals surface area (Å²) in [5.74, 6) is 0. The van der Waals surface area contributed by atoms with E-state index in [-0.39, 0.29) is 5.60 Å². The molecule has 76 valence electrons. The van der Waals surface area contributed by atoms with E-state index in [1.54, 1.807) is 7.11 Å². The van der Waals surface area contributed by atoms with Gasteiger partial charge in [0.05, 0.1) is 5.60 Å². The zero-order valence-electron chi connectivity index (χ0n) is 8.88. The van der Waals surface area contributed by atoms with Gasteiger partial charge in [0.15, 0.2) is 0 Å². The molecular formula is C11H20O2. The Morgan fingerprint density at radius 2 is 2.15 bits per heavy atom. The standard InChI is InChI=1S/C11H20O2/c1-4-5-8-11(2,13-3)9-6-7-10-12/h6-7,10H,4-5,8-9H2,1-3H3. The number of aldehydes is 1. The van der Waals surface area contributed by atoms with Crippen LogP contribution < -0.4 is 0 Å². The largest absolute Gasteiger partial charge is 0.378 e. The van der Waals surface area contributed by atoms with Crippen molar-refractivity contribution >= 4 is 6.29 Å². The van der Waals surface area contributed by atoms with Crippen LogP contribution >= 0.6 is 0 Å². The minimum absolute atomic E-state index is 0.102. The minimum atomic E-state index is -0.102. The molecule has 0 fully saturated rings. The summed E-state index contributed by atoms with van der Waals surface area (Å²) >= 11 is 0. The average Bonchev–Trinajstić information content (AvgIpc) is 2.15. The fourth-order valence-electron chi connectivity index (χ4n) is 1.21. The third-order valence-corrected chi connectivity index (χ3v) is 2.32.